The smallest absolute Gasteiger partial charge is 0.208 e. The molecule has 5 heteroatoms. The molecule has 0 aliphatic carbocycles. The number of benzene rings is 2. The molecule has 0 aliphatic rings. The fourth-order valence-electron chi connectivity index (χ4n) is 1.86. The molecule has 0 aliphatic heterocycles. The van der Waals surface area contributed by atoms with Gasteiger partial charge >= 0.3 is 0 Å². The van der Waals surface area contributed by atoms with Gasteiger partial charge in [0.05, 0.1) is 0 Å². The van der Waals surface area contributed by atoms with E-state index in [9.17, 15) is 0 Å². The van der Waals surface area contributed by atoms with E-state index in [4.69, 9.17) is 0 Å². The number of rotatable bonds is 3. The molecule has 0 spiro atoms. The molecule has 1 heterocycles. The Balaban J connectivity index is 2.14. The van der Waals surface area contributed by atoms with Crippen LogP contribution in [-0.2, 0) is 0 Å². The van der Waals surface area contributed by atoms with Crippen LogP contribution in [-0.4, -0.2) is 20.6 Å². The van der Waals surface area contributed by atoms with E-state index in [1.165, 1.54) is 11.1 Å². The highest BCUT2D eigenvalue weighted by Crippen LogP contribution is 2.12. The maximum atomic E-state index is 4.61. The van der Waals surface area contributed by atoms with Crippen LogP contribution in [0.5, 0.6) is 0 Å². The Hall–Kier alpha value is -2.02. The summed E-state index contributed by atoms with van der Waals surface area (Å²) in [6, 6.07) is 20.1. The first-order chi connectivity index (χ1) is 9.84. The van der Waals surface area contributed by atoms with Gasteiger partial charge in [-0.1, -0.05) is 60.7 Å². The van der Waals surface area contributed by atoms with Gasteiger partial charge in [-0.3, -0.25) is 0 Å². The van der Waals surface area contributed by atoms with E-state index in [0.717, 1.165) is 20.7 Å². The van der Waals surface area contributed by atoms with Crippen LogP contribution in [0.4, 0.5) is 0 Å². The molecule has 98 valence electrons. The van der Waals surface area contributed by atoms with Gasteiger partial charge in [-0.15, -0.1) is 15.0 Å². The molecule has 20 heavy (non-hydrogen) atoms. The zero-order valence-electron chi connectivity index (χ0n) is 10.5. The normalized spacial score (nSPS) is 10.2. The number of hydrogen-bond donors (Lipinski definition) is 0. The molecular formula is C15H11IN4. The minimum Gasteiger partial charge on any atom is -0.208 e. The maximum Gasteiger partial charge on any atom is 0.213 e. The summed E-state index contributed by atoms with van der Waals surface area (Å²) in [5.41, 5.74) is 2.96. The van der Waals surface area contributed by atoms with Gasteiger partial charge in [0.2, 0.25) is 3.83 Å². The topological polar surface area (TPSA) is 43.1 Å². The van der Waals surface area contributed by atoms with Crippen molar-refractivity contribution >= 4 is 28.3 Å². The van der Waals surface area contributed by atoms with Gasteiger partial charge < -0.3 is 0 Å². The summed E-state index contributed by atoms with van der Waals surface area (Å²) in [6.45, 7) is 0. The van der Waals surface area contributed by atoms with Crippen molar-refractivity contribution in [3.63, 3.8) is 0 Å². The lowest BCUT2D eigenvalue weighted by atomic mass is 10.0. The van der Waals surface area contributed by atoms with Crippen LogP contribution in [0.3, 0.4) is 0 Å². The molecule has 2 aromatic carbocycles. The quantitative estimate of drug-likeness (QED) is 0.522. The Morgan fingerprint density at radius 3 is 1.90 bits per heavy atom. The second kappa shape index (κ2) is 5.96. The summed E-state index contributed by atoms with van der Waals surface area (Å²) in [7, 11) is 0. The number of halogens is 1. The Bertz CT molecular complexity index is 678. The minimum absolute atomic E-state index is 0.729. The fraction of sp³-hybridized carbons (Fsp3) is 0. The molecule has 1 aromatic heterocycles. The first-order valence-electron chi connectivity index (χ1n) is 6.10. The van der Waals surface area contributed by atoms with Crippen LogP contribution in [0.15, 0.2) is 72.1 Å². The lowest BCUT2D eigenvalue weighted by molar-refractivity contribution is 0.718. The van der Waals surface area contributed by atoms with Crippen molar-refractivity contribution in [2.45, 2.75) is 0 Å². The van der Waals surface area contributed by atoms with E-state index in [0.29, 0.717) is 0 Å². The molecule has 3 aromatic rings. The van der Waals surface area contributed by atoms with Crippen molar-refractivity contribution in [3.8, 4) is 0 Å². The first-order valence-corrected chi connectivity index (χ1v) is 7.18. The van der Waals surface area contributed by atoms with Crippen molar-refractivity contribution in [1.29, 1.82) is 0 Å². The van der Waals surface area contributed by atoms with E-state index in [1.54, 1.807) is 0 Å². The number of hydrogen-bond acceptors (Lipinski definition) is 3. The largest absolute Gasteiger partial charge is 0.213 e. The summed E-state index contributed by atoms with van der Waals surface area (Å²) in [5.74, 6) is 0. The van der Waals surface area contributed by atoms with Gasteiger partial charge in [0.1, 0.15) is 12.0 Å². The van der Waals surface area contributed by atoms with Crippen molar-refractivity contribution in [3.05, 3.63) is 81.9 Å². The molecule has 0 amide bonds. The molecule has 4 nitrogen and oxygen atoms in total. The zero-order valence-corrected chi connectivity index (χ0v) is 12.7. The van der Waals surface area contributed by atoms with E-state index < -0.39 is 0 Å². The van der Waals surface area contributed by atoms with Gasteiger partial charge in [0, 0.05) is 33.7 Å². The molecule has 0 atom stereocenters. The van der Waals surface area contributed by atoms with Gasteiger partial charge in [-0.25, -0.2) is 4.98 Å². The molecule has 0 saturated heterocycles. The number of aromatic nitrogens is 3. The van der Waals surface area contributed by atoms with E-state index in [2.05, 4.69) is 37.8 Å². The highest BCUT2D eigenvalue weighted by Gasteiger charge is 2.08. The van der Waals surface area contributed by atoms with Gasteiger partial charge in [-0.05, 0) is 0 Å². The van der Waals surface area contributed by atoms with Crippen molar-refractivity contribution < 1.29 is 0 Å². The predicted molar refractivity (Wildman–Crippen MR) is 86.7 cm³/mol. The lowest BCUT2D eigenvalue weighted by Gasteiger charge is -2.07. The molecule has 3 rings (SSSR count). The molecule has 0 fully saturated rings. The van der Waals surface area contributed by atoms with Crippen LogP contribution in [0.2, 0.25) is 0 Å². The molecule has 0 unspecified atom stereocenters. The standard InChI is InChI=1S/C15H11IN4/c16-15-17-11-18-20(15)19-14(12-7-3-1-4-8-12)13-9-5-2-6-10-13/h1-11H. The Labute approximate surface area is 130 Å². The third kappa shape index (κ3) is 2.77. The number of nitrogens with zero attached hydrogens (tertiary/aromatic N) is 4. The van der Waals surface area contributed by atoms with Crippen molar-refractivity contribution in [1.82, 2.24) is 14.9 Å². The van der Waals surface area contributed by atoms with Crippen LogP contribution >= 0.6 is 22.6 Å². The SMILES string of the molecule is Ic1ncnn1N=C(c1ccccc1)c1ccccc1. The zero-order chi connectivity index (χ0) is 13.8. The lowest BCUT2D eigenvalue weighted by Crippen LogP contribution is -2.08. The molecule has 0 saturated carbocycles. The van der Waals surface area contributed by atoms with Crippen LogP contribution in [0, 0.1) is 3.83 Å². The monoisotopic (exact) mass is 374 g/mol. The van der Waals surface area contributed by atoms with Gasteiger partial charge in [-0.2, -0.15) is 0 Å². The van der Waals surface area contributed by atoms with Gasteiger partial charge in [0.25, 0.3) is 0 Å². The minimum atomic E-state index is 0.729. The van der Waals surface area contributed by atoms with Gasteiger partial charge in [0.15, 0.2) is 0 Å². The van der Waals surface area contributed by atoms with E-state index >= 15 is 0 Å². The summed E-state index contributed by atoms with van der Waals surface area (Å²) >= 11 is 2.11. The summed E-state index contributed by atoms with van der Waals surface area (Å²) < 4.78 is 0.729. The second-order valence-electron chi connectivity index (χ2n) is 4.10. The maximum absolute atomic E-state index is 4.61. The average molecular weight is 374 g/mol. The van der Waals surface area contributed by atoms with Crippen LogP contribution in [0.1, 0.15) is 11.1 Å². The van der Waals surface area contributed by atoms with E-state index in [1.807, 2.05) is 60.7 Å². The Morgan fingerprint density at radius 1 is 0.900 bits per heavy atom. The van der Waals surface area contributed by atoms with Crippen LogP contribution in [0.25, 0.3) is 0 Å². The predicted octanol–water partition coefficient (Wildman–Crippen LogP) is 3.18. The third-order valence-corrected chi connectivity index (χ3v) is 3.49. The molecular weight excluding hydrogens is 363 g/mol. The summed E-state index contributed by atoms with van der Waals surface area (Å²) in [6.07, 6.45) is 1.50. The fourth-order valence-corrected chi connectivity index (χ4v) is 2.21. The highest BCUT2D eigenvalue weighted by molar-refractivity contribution is 14.1. The molecule has 0 radical (unpaired) electrons. The van der Waals surface area contributed by atoms with Crippen molar-refractivity contribution in [2.24, 2.45) is 5.10 Å². The van der Waals surface area contributed by atoms with E-state index in [-0.39, 0.29) is 0 Å². The third-order valence-electron chi connectivity index (χ3n) is 2.78. The highest BCUT2D eigenvalue weighted by atomic mass is 127. The summed E-state index contributed by atoms with van der Waals surface area (Å²) in [5, 5.41) is 8.73. The Morgan fingerprint density at radius 2 is 1.45 bits per heavy atom. The molecule has 0 bridgehead atoms. The average Bonchev–Trinajstić information content (AvgIpc) is 2.92. The van der Waals surface area contributed by atoms with Crippen molar-refractivity contribution in [2.75, 3.05) is 0 Å². The summed E-state index contributed by atoms with van der Waals surface area (Å²) in [4.78, 5) is 5.63. The molecule has 0 N–H and O–H groups in total. The first kappa shape index (κ1) is 13.0. The second-order valence-corrected chi connectivity index (χ2v) is 5.06. The Kier molecular flexibility index (Phi) is 3.87. The van der Waals surface area contributed by atoms with Crippen LogP contribution < -0.4 is 0 Å².